The molecular formula is C93H54N6S3. The minimum Gasteiger partial charge on any atom is -0.309 e. The van der Waals surface area contributed by atoms with Gasteiger partial charge in [0.25, 0.3) is 0 Å². The van der Waals surface area contributed by atoms with E-state index in [0.717, 1.165) is 66.9 Å². The molecule has 0 radical (unpaired) electrons. The lowest BCUT2D eigenvalue weighted by Gasteiger charge is -2.14. The lowest BCUT2D eigenvalue weighted by atomic mass is 10.0. The summed E-state index contributed by atoms with van der Waals surface area (Å²) >= 11 is 5.56. The number of rotatable bonds is 9. The molecule has 22 rings (SSSR count). The monoisotopic (exact) mass is 1350 g/mol. The van der Waals surface area contributed by atoms with E-state index < -0.39 is 0 Å². The van der Waals surface area contributed by atoms with E-state index in [-0.39, 0.29) is 0 Å². The van der Waals surface area contributed by atoms with Gasteiger partial charge in [0, 0.05) is 127 Å². The summed E-state index contributed by atoms with van der Waals surface area (Å²) < 4.78 is 15.0. The lowest BCUT2D eigenvalue weighted by Crippen LogP contribution is -2.02. The van der Waals surface area contributed by atoms with E-state index in [1.54, 1.807) is 0 Å². The van der Waals surface area contributed by atoms with Gasteiger partial charge in [-0.25, -0.2) is 15.0 Å². The van der Waals surface area contributed by atoms with Crippen molar-refractivity contribution in [2.75, 3.05) is 0 Å². The number of para-hydroxylation sites is 3. The average molecular weight is 1350 g/mol. The summed E-state index contributed by atoms with van der Waals surface area (Å²) in [5.74, 6) is 1.72. The summed E-state index contributed by atoms with van der Waals surface area (Å²) in [4.78, 5) is 16.6. The van der Waals surface area contributed by atoms with Crippen LogP contribution in [-0.4, -0.2) is 28.7 Å². The molecule has 15 aromatic carbocycles. The van der Waals surface area contributed by atoms with Crippen LogP contribution in [0.5, 0.6) is 0 Å². The molecule has 0 saturated heterocycles. The molecule has 9 heteroatoms. The Kier molecular flexibility index (Phi) is 12.6. The number of hydrogen-bond acceptors (Lipinski definition) is 6. The first-order valence-corrected chi connectivity index (χ1v) is 36.9. The van der Waals surface area contributed by atoms with E-state index in [1.165, 1.54) is 126 Å². The third kappa shape index (κ3) is 8.98. The van der Waals surface area contributed by atoms with Crippen LogP contribution >= 0.6 is 34.0 Å². The molecule has 0 fully saturated rings. The highest BCUT2D eigenvalue weighted by Gasteiger charge is 2.22. The molecule has 0 aliphatic heterocycles. The largest absolute Gasteiger partial charge is 0.309 e. The highest BCUT2D eigenvalue weighted by Crippen LogP contribution is 2.45. The Morgan fingerprint density at radius 3 is 0.725 bits per heavy atom. The Morgan fingerprint density at radius 1 is 0.167 bits per heavy atom. The second kappa shape index (κ2) is 22.4. The topological polar surface area (TPSA) is 53.5 Å². The molecule has 102 heavy (non-hydrogen) atoms. The number of nitrogens with zero attached hydrogens (tertiary/aromatic N) is 6. The quantitative estimate of drug-likeness (QED) is 0.145. The summed E-state index contributed by atoms with van der Waals surface area (Å²) in [6.07, 6.45) is 0. The fourth-order valence-electron chi connectivity index (χ4n) is 16.1. The molecule has 0 spiro atoms. The molecule has 0 unspecified atom stereocenters. The van der Waals surface area contributed by atoms with Gasteiger partial charge in [-0.2, -0.15) is 0 Å². The third-order valence-electron chi connectivity index (χ3n) is 20.9. The van der Waals surface area contributed by atoms with E-state index in [1.807, 2.05) is 34.0 Å². The maximum atomic E-state index is 5.53. The zero-order valence-electron chi connectivity index (χ0n) is 54.6. The zero-order valence-corrected chi connectivity index (χ0v) is 57.0. The van der Waals surface area contributed by atoms with Crippen LogP contribution in [0.4, 0.5) is 0 Å². The molecule has 6 nitrogen and oxygen atoms in total. The molecule has 7 aromatic heterocycles. The van der Waals surface area contributed by atoms with Crippen molar-refractivity contribution in [3.63, 3.8) is 0 Å². The smallest absolute Gasteiger partial charge is 0.164 e. The van der Waals surface area contributed by atoms with Crippen LogP contribution in [0.15, 0.2) is 328 Å². The summed E-state index contributed by atoms with van der Waals surface area (Å²) in [6, 6.07) is 120. The second-order valence-corrected chi connectivity index (χ2v) is 29.9. The molecule has 474 valence electrons. The van der Waals surface area contributed by atoms with Crippen molar-refractivity contribution in [1.82, 2.24) is 28.7 Å². The minimum absolute atomic E-state index is 0.572. The van der Waals surface area contributed by atoms with Gasteiger partial charge in [-0.1, -0.05) is 182 Å². The fourth-order valence-corrected chi connectivity index (χ4v) is 19.4. The number of hydrogen-bond donors (Lipinski definition) is 0. The molecule has 0 atom stereocenters. The van der Waals surface area contributed by atoms with Gasteiger partial charge in [0.1, 0.15) is 0 Å². The molecule has 0 amide bonds. The van der Waals surface area contributed by atoms with Crippen molar-refractivity contribution in [3.05, 3.63) is 328 Å². The Balaban J connectivity index is 0.688. The van der Waals surface area contributed by atoms with Crippen LogP contribution in [0.1, 0.15) is 0 Å². The van der Waals surface area contributed by atoms with Crippen LogP contribution in [0.2, 0.25) is 0 Å². The highest BCUT2D eigenvalue weighted by molar-refractivity contribution is 7.26. The van der Waals surface area contributed by atoms with Crippen molar-refractivity contribution in [2.24, 2.45) is 0 Å². The minimum atomic E-state index is 0.572. The SMILES string of the molecule is c1cc(-c2nc(-c3cccc(-n4c5ccccc5c5cc(-c6ccc7sc8ccccc8c7c6)ccc54)c3)nc(-c3cccc(-n4c5ccccc5c5cc(-c6ccc7sc8ccccc8c7c6)ccc54)c3)n2)cc(-n2c3ccccc3c3cc(-c4ccc5sc6ccccc6c5c4)ccc32)c1. The molecule has 0 N–H and O–H groups in total. The van der Waals surface area contributed by atoms with E-state index in [2.05, 4.69) is 341 Å². The molecule has 0 bridgehead atoms. The van der Waals surface area contributed by atoms with Crippen molar-refractivity contribution < 1.29 is 0 Å². The van der Waals surface area contributed by atoms with Gasteiger partial charge < -0.3 is 13.7 Å². The van der Waals surface area contributed by atoms with Crippen LogP contribution in [0.3, 0.4) is 0 Å². The molecule has 0 aliphatic rings. The molecule has 22 aromatic rings. The Bertz CT molecular complexity index is 6600. The normalized spacial score (nSPS) is 12.1. The van der Waals surface area contributed by atoms with Gasteiger partial charge in [0.05, 0.1) is 33.1 Å². The van der Waals surface area contributed by atoms with E-state index in [4.69, 9.17) is 15.0 Å². The Labute approximate surface area is 596 Å². The van der Waals surface area contributed by atoms with Gasteiger partial charge in [-0.3, -0.25) is 0 Å². The van der Waals surface area contributed by atoms with Gasteiger partial charge >= 0.3 is 0 Å². The average Bonchev–Trinajstić information content (AvgIpc) is 1.60. The fraction of sp³-hybridized carbons (Fsp3) is 0. The van der Waals surface area contributed by atoms with Gasteiger partial charge in [-0.05, 0) is 179 Å². The predicted octanol–water partition coefficient (Wildman–Crippen LogP) is 26.3. The van der Waals surface area contributed by atoms with E-state index in [0.29, 0.717) is 17.5 Å². The Hall–Kier alpha value is -12.6. The van der Waals surface area contributed by atoms with E-state index >= 15 is 0 Å². The van der Waals surface area contributed by atoms with Crippen molar-refractivity contribution >= 4 is 160 Å². The number of benzene rings is 15. The number of thiophene rings is 3. The zero-order chi connectivity index (χ0) is 66.7. The third-order valence-corrected chi connectivity index (χ3v) is 24.3. The first-order valence-electron chi connectivity index (χ1n) is 34.4. The van der Waals surface area contributed by atoms with Crippen LogP contribution < -0.4 is 0 Å². The van der Waals surface area contributed by atoms with E-state index in [9.17, 15) is 0 Å². The van der Waals surface area contributed by atoms with Crippen molar-refractivity contribution in [3.8, 4) is 84.6 Å². The molecule has 0 saturated carbocycles. The molecule has 7 heterocycles. The van der Waals surface area contributed by atoms with Gasteiger partial charge in [-0.15, -0.1) is 34.0 Å². The van der Waals surface area contributed by atoms with Gasteiger partial charge in [0.15, 0.2) is 17.5 Å². The summed E-state index contributed by atoms with van der Waals surface area (Å²) in [5, 5.41) is 14.9. The Morgan fingerprint density at radius 2 is 0.412 bits per heavy atom. The van der Waals surface area contributed by atoms with Crippen molar-refractivity contribution in [1.29, 1.82) is 0 Å². The molecule has 0 aliphatic carbocycles. The van der Waals surface area contributed by atoms with Gasteiger partial charge in [0.2, 0.25) is 0 Å². The first kappa shape index (κ1) is 57.3. The van der Waals surface area contributed by atoms with Crippen LogP contribution in [0.25, 0.3) is 211 Å². The van der Waals surface area contributed by atoms with Crippen LogP contribution in [0, 0.1) is 0 Å². The second-order valence-electron chi connectivity index (χ2n) is 26.6. The highest BCUT2D eigenvalue weighted by atomic mass is 32.1. The molecular weight excluding hydrogens is 1300 g/mol. The van der Waals surface area contributed by atoms with Crippen molar-refractivity contribution in [2.45, 2.75) is 0 Å². The maximum absolute atomic E-state index is 5.53. The van der Waals surface area contributed by atoms with Crippen LogP contribution in [-0.2, 0) is 0 Å². The first-order chi connectivity index (χ1) is 50.5. The maximum Gasteiger partial charge on any atom is 0.164 e. The standard InChI is InChI=1S/C93H54N6S3/c1-7-28-79-67(22-1)73-49-55(58-37-43-88-76(52-58)70-25-4-10-31-85(70)100-88)34-40-82(73)97(79)64-19-13-16-61(46-64)91-94-92(62-17-14-20-65(47-62)98-80-29-8-2-23-68(80)74-50-56(35-41-83(74)98)59-38-44-89-77(53-59)71-26-5-11-32-86(71)101-89)96-93(95-91)63-18-15-21-66(48-63)99-81-30-9-3-24-69(81)75-51-57(36-42-84(75)99)60-39-45-90-78(54-60)72-27-6-12-33-87(72)102-90/h1-54H. The number of aromatic nitrogens is 6. The summed E-state index contributed by atoms with van der Waals surface area (Å²) in [6.45, 7) is 0. The predicted molar refractivity (Wildman–Crippen MR) is 434 cm³/mol. The lowest BCUT2D eigenvalue weighted by molar-refractivity contribution is 1.07. The summed E-state index contributed by atoms with van der Waals surface area (Å²) in [7, 11) is 0. The summed E-state index contributed by atoms with van der Waals surface area (Å²) in [5.41, 5.74) is 19.5. The number of fused-ring (bicyclic) bond motifs is 18.